The first-order valence-electron chi connectivity index (χ1n) is 18.2. The molecule has 4 amide bonds. The number of halogens is 1. The molecule has 2 aromatic carbocycles. The number of unbranched alkanes of at least 4 members (excludes halogenated alkanes) is 2. The summed E-state index contributed by atoms with van der Waals surface area (Å²) in [6, 6.07) is 12.6. The topological polar surface area (TPSA) is 184 Å². The van der Waals surface area contributed by atoms with Crippen LogP contribution in [0.2, 0.25) is 0 Å². The standard InChI is InChI=1S/C41H52BrN5O7/c1-39(2,3)33(36(52)47-23-28(48)20-31(47)34(44)50)45-32(49)24-53-19-11-9-8-10-12-25-13-15-26(16-14-25)35(51)46-37-40(4,5)38(41(37,6)7)54-29-18-17-27(22-43)30(42)21-29/h13-18,21,28,31,33,37-38,48H,8-9,11,19-20,23-24H2,1-7H3,(H2,44,50)(H,45,49)(H,46,51)/t28-,31+,33-,37?,38?/m1/s1. The Morgan fingerprint density at radius 1 is 1.07 bits per heavy atom. The van der Waals surface area contributed by atoms with E-state index in [1.807, 2.05) is 12.1 Å². The van der Waals surface area contributed by atoms with Crippen molar-refractivity contribution in [2.45, 2.75) is 104 Å². The van der Waals surface area contributed by atoms with Crippen LogP contribution in [-0.2, 0) is 19.1 Å². The number of hydrogen-bond acceptors (Lipinski definition) is 8. The molecule has 2 aliphatic rings. The van der Waals surface area contributed by atoms with Gasteiger partial charge in [0.1, 0.15) is 36.6 Å². The molecule has 0 radical (unpaired) electrons. The van der Waals surface area contributed by atoms with Crippen LogP contribution in [0.15, 0.2) is 46.9 Å². The maximum Gasteiger partial charge on any atom is 0.251 e. The number of primary amides is 1. The highest BCUT2D eigenvalue weighted by Gasteiger charge is 2.64. The number of nitrogens with one attached hydrogen (secondary N) is 2. The Hall–Kier alpha value is -4.43. The monoisotopic (exact) mass is 805 g/mol. The van der Waals surface area contributed by atoms with Crippen molar-refractivity contribution in [2.24, 2.45) is 22.0 Å². The van der Waals surface area contributed by atoms with Gasteiger partial charge in [-0.2, -0.15) is 5.26 Å². The SMILES string of the molecule is CC1(C)C(NC(=O)c2ccc(C#CCCCCOCC(=O)N[C@H](C(=O)N3C[C@H](O)C[C@H]3C(N)=O)C(C)(C)C)cc2)C(C)(C)C1Oc1ccc(C#N)c(Br)c1. The third kappa shape index (κ3) is 10.0. The van der Waals surface area contributed by atoms with Gasteiger partial charge in [0.2, 0.25) is 17.7 Å². The number of hydrogen-bond donors (Lipinski definition) is 4. The van der Waals surface area contributed by atoms with Crippen molar-refractivity contribution in [1.29, 1.82) is 5.26 Å². The Bertz CT molecular complexity index is 1800. The van der Waals surface area contributed by atoms with Gasteiger partial charge in [-0.05, 0) is 76.7 Å². The molecule has 0 bridgehead atoms. The van der Waals surface area contributed by atoms with E-state index in [9.17, 15) is 29.5 Å². The van der Waals surface area contributed by atoms with Crippen LogP contribution >= 0.6 is 15.9 Å². The summed E-state index contributed by atoms with van der Waals surface area (Å²) in [6.07, 6.45) is 1.11. The van der Waals surface area contributed by atoms with Gasteiger partial charge in [-0.1, -0.05) is 60.3 Å². The molecule has 12 nitrogen and oxygen atoms in total. The van der Waals surface area contributed by atoms with Crippen LogP contribution in [-0.4, -0.2) is 83.7 Å². The third-order valence-corrected chi connectivity index (χ3v) is 10.8. The van der Waals surface area contributed by atoms with Crippen LogP contribution in [0.3, 0.4) is 0 Å². The molecule has 1 saturated carbocycles. The fourth-order valence-electron chi connectivity index (χ4n) is 7.61. The number of rotatable bonds is 13. The highest BCUT2D eigenvalue weighted by molar-refractivity contribution is 9.10. The second-order valence-electron chi connectivity index (χ2n) is 16.4. The Morgan fingerprint density at radius 3 is 2.33 bits per heavy atom. The maximum absolute atomic E-state index is 13.3. The van der Waals surface area contributed by atoms with Crippen LogP contribution in [0.25, 0.3) is 0 Å². The summed E-state index contributed by atoms with van der Waals surface area (Å²) >= 11 is 3.42. The average Bonchev–Trinajstić information content (AvgIpc) is 3.50. The number of likely N-dealkylation sites (tertiary alicyclic amines) is 1. The number of aliphatic hydroxyl groups is 1. The summed E-state index contributed by atoms with van der Waals surface area (Å²) in [7, 11) is 0. The second-order valence-corrected chi connectivity index (χ2v) is 17.2. The van der Waals surface area contributed by atoms with Gasteiger partial charge in [-0.25, -0.2) is 0 Å². The molecule has 1 aliphatic carbocycles. The minimum absolute atomic E-state index is 0.0194. The highest BCUT2D eigenvalue weighted by atomic mass is 79.9. The first-order chi connectivity index (χ1) is 25.3. The molecule has 2 aromatic rings. The molecule has 5 N–H and O–H groups in total. The number of nitrogens with zero attached hydrogens (tertiary/aromatic N) is 2. The summed E-state index contributed by atoms with van der Waals surface area (Å²) in [6.45, 7) is 13.8. The zero-order valence-corrected chi connectivity index (χ0v) is 33.7. The van der Waals surface area contributed by atoms with E-state index in [4.69, 9.17) is 15.2 Å². The number of benzene rings is 2. The Labute approximate surface area is 326 Å². The molecule has 290 valence electrons. The summed E-state index contributed by atoms with van der Waals surface area (Å²) in [5.74, 6) is 5.14. The fourth-order valence-corrected chi connectivity index (χ4v) is 8.05. The van der Waals surface area contributed by atoms with E-state index < -0.39 is 41.3 Å². The lowest BCUT2D eigenvalue weighted by molar-refractivity contribution is -0.164. The van der Waals surface area contributed by atoms with Crippen LogP contribution in [0, 0.1) is 39.4 Å². The molecule has 0 unspecified atom stereocenters. The number of aliphatic hydroxyl groups excluding tert-OH is 1. The molecule has 1 aliphatic heterocycles. The quantitative estimate of drug-likeness (QED) is 0.169. The number of nitriles is 1. The Kier molecular flexibility index (Phi) is 13.6. The van der Waals surface area contributed by atoms with E-state index in [0.717, 1.165) is 12.0 Å². The molecule has 1 saturated heterocycles. The lowest BCUT2D eigenvalue weighted by Gasteiger charge is -2.63. The van der Waals surface area contributed by atoms with Gasteiger partial charge in [-0.3, -0.25) is 19.2 Å². The summed E-state index contributed by atoms with van der Waals surface area (Å²) in [4.78, 5) is 52.3. The zero-order chi connectivity index (χ0) is 40.0. The van der Waals surface area contributed by atoms with Crippen molar-refractivity contribution in [3.8, 4) is 23.7 Å². The molecule has 2 fully saturated rings. The molecule has 54 heavy (non-hydrogen) atoms. The number of carbonyl (C=O) groups excluding carboxylic acids is 4. The number of carbonyl (C=O) groups is 4. The number of amides is 4. The van der Waals surface area contributed by atoms with Gasteiger partial charge >= 0.3 is 0 Å². The molecular weight excluding hydrogens is 754 g/mol. The molecule has 13 heteroatoms. The molecule has 0 spiro atoms. The van der Waals surface area contributed by atoms with E-state index in [1.54, 1.807) is 51.1 Å². The van der Waals surface area contributed by atoms with Gasteiger partial charge in [0.25, 0.3) is 5.91 Å². The number of nitrogens with two attached hydrogens (primary N) is 1. The third-order valence-electron chi connectivity index (χ3n) is 10.2. The highest BCUT2D eigenvalue weighted by Crippen LogP contribution is 2.55. The summed E-state index contributed by atoms with van der Waals surface area (Å²) in [5, 5.41) is 25.2. The predicted molar refractivity (Wildman–Crippen MR) is 207 cm³/mol. The smallest absolute Gasteiger partial charge is 0.251 e. The summed E-state index contributed by atoms with van der Waals surface area (Å²) < 4.78 is 12.6. The van der Waals surface area contributed by atoms with Crippen molar-refractivity contribution in [2.75, 3.05) is 19.8 Å². The van der Waals surface area contributed by atoms with Crippen molar-refractivity contribution in [1.82, 2.24) is 15.5 Å². The van der Waals surface area contributed by atoms with Gasteiger partial charge < -0.3 is 35.8 Å². The van der Waals surface area contributed by atoms with E-state index in [0.29, 0.717) is 40.8 Å². The van der Waals surface area contributed by atoms with Crippen LogP contribution in [0.4, 0.5) is 0 Å². The number of ether oxygens (including phenoxy) is 2. The Balaban J connectivity index is 1.18. The predicted octanol–water partition coefficient (Wildman–Crippen LogP) is 4.45. The minimum atomic E-state index is -0.931. The fraction of sp³-hybridized carbons (Fsp3) is 0.537. The van der Waals surface area contributed by atoms with Gasteiger partial charge in [0.15, 0.2) is 0 Å². The van der Waals surface area contributed by atoms with Gasteiger partial charge in [-0.15, -0.1) is 0 Å². The average molecular weight is 807 g/mol. The maximum atomic E-state index is 13.3. The molecular formula is C41H52BrN5O7. The lowest BCUT2D eigenvalue weighted by atomic mass is 9.49. The normalized spacial score (nSPS) is 21.7. The van der Waals surface area contributed by atoms with E-state index in [1.165, 1.54) is 4.90 Å². The first-order valence-corrected chi connectivity index (χ1v) is 19.0. The minimum Gasteiger partial charge on any atom is -0.489 e. The molecule has 4 rings (SSSR count). The summed E-state index contributed by atoms with van der Waals surface area (Å²) in [5.41, 5.74) is 5.95. The molecule has 1 heterocycles. The first kappa shape index (κ1) is 42.3. The number of β-amino-alcohol motifs (C(OH)–C–C–N with tert-alkyl or cyclic N) is 1. The van der Waals surface area contributed by atoms with Gasteiger partial charge in [0, 0.05) is 58.5 Å². The van der Waals surface area contributed by atoms with Crippen molar-refractivity contribution >= 4 is 39.6 Å². The second kappa shape index (κ2) is 17.4. The van der Waals surface area contributed by atoms with Crippen molar-refractivity contribution in [3.63, 3.8) is 0 Å². The Morgan fingerprint density at radius 2 is 1.74 bits per heavy atom. The lowest BCUT2D eigenvalue weighted by Crippen LogP contribution is -2.74. The van der Waals surface area contributed by atoms with Crippen LogP contribution in [0.5, 0.6) is 5.75 Å². The van der Waals surface area contributed by atoms with Crippen molar-refractivity contribution < 1.29 is 33.8 Å². The molecule has 0 aromatic heterocycles. The van der Waals surface area contributed by atoms with E-state index in [2.05, 4.69) is 72.2 Å². The van der Waals surface area contributed by atoms with Crippen LogP contribution < -0.4 is 21.1 Å². The van der Waals surface area contributed by atoms with E-state index >= 15 is 0 Å². The zero-order valence-electron chi connectivity index (χ0n) is 32.1. The largest absolute Gasteiger partial charge is 0.489 e. The van der Waals surface area contributed by atoms with Gasteiger partial charge in [0.05, 0.1) is 11.7 Å². The molecule has 3 atom stereocenters. The van der Waals surface area contributed by atoms with E-state index in [-0.39, 0.29) is 48.5 Å². The van der Waals surface area contributed by atoms with Crippen molar-refractivity contribution in [3.05, 3.63) is 63.6 Å². The van der Waals surface area contributed by atoms with Crippen LogP contribution in [0.1, 0.15) is 95.6 Å².